The molecule has 0 amide bonds. The zero-order valence-electron chi connectivity index (χ0n) is 8.51. The molecule has 0 radical (unpaired) electrons. The molecule has 16 heavy (non-hydrogen) atoms. The summed E-state index contributed by atoms with van der Waals surface area (Å²) in [6.07, 6.45) is 0. The van der Waals surface area contributed by atoms with Crippen LogP contribution in [0, 0.1) is 12.7 Å². The van der Waals surface area contributed by atoms with Gasteiger partial charge in [-0.15, -0.1) is 22.9 Å². The van der Waals surface area contributed by atoms with Gasteiger partial charge in [-0.1, -0.05) is 12.1 Å². The molecule has 1 heterocycles. The van der Waals surface area contributed by atoms with Gasteiger partial charge in [-0.25, -0.2) is 4.39 Å². The van der Waals surface area contributed by atoms with Gasteiger partial charge in [0.25, 0.3) is 0 Å². The largest absolute Gasteiger partial charge is 0.207 e. The van der Waals surface area contributed by atoms with Gasteiger partial charge in [0.05, 0.1) is 5.38 Å². The van der Waals surface area contributed by atoms with E-state index in [0.29, 0.717) is 5.56 Å². The van der Waals surface area contributed by atoms with Gasteiger partial charge in [0, 0.05) is 9.35 Å². The van der Waals surface area contributed by atoms with Crippen molar-refractivity contribution in [3.63, 3.8) is 0 Å². The Morgan fingerprint density at radius 1 is 1.38 bits per heavy atom. The van der Waals surface area contributed by atoms with Gasteiger partial charge in [0.2, 0.25) is 0 Å². The Morgan fingerprint density at radius 3 is 2.69 bits per heavy atom. The predicted molar refractivity (Wildman–Crippen MR) is 70.9 cm³/mol. The first-order chi connectivity index (χ1) is 7.59. The molecule has 4 heteroatoms. The molecule has 1 aromatic heterocycles. The molecule has 0 N–H and O–H groups in total. The van der Waals surface area contributed by atoms with Crippen molar-refractivity contribution in [1.82, 2.24) is 0 Å². The minimum atomic E-state index is -0.228. The third-order valence-electron chi connectivity index (χ3n) is 2.35. The van der Waals surface area contributed by atoms with Crippen LogP contribution < -0.4 is 0 Å². The Morgan fingerprint density at radius 2 is 2.12 bits per heavy atom. The number of rotatable bonds is 2. The zero-order valence-corrected chi connectivity index (χ0v) is 11.7. The maximum absolute atomic E-state index is 13.1. The summed E-state index contributed by atoms with van der Waals surface area (Å²) in [4.78, 5) is 1.05. The first-order valence-corrected chi connectivity index (χ1v) is 6.83. The highest BCUT2D eigenvalue weighted by Crippen LogP contribution is 2.37. The second-order valence-corrected chi connectivity index (χ2v) is 5.74. The average molecular weight is 320 g/mol. The van der Waals surface area contributed by atoms with Crippen LogP contribution >= 0.6 is 38.9 Å². The molecule has 0 spiro atoms. The van der Waals surface area contributed by atoms with Crippen LogP contribution in [0.15, 0.2) is 34.1 Å². The molecule has 0 saturated heterocycles. The third kappa shape index (κ3) is 2.31. The van der Waals surface area contributed by atoms with E-state index in [9.17, 15) is 4.39 Å². The van der Waals surface area contributed by atoms with Crippen LogP contribution in [0.3, 0.4) is 0 Å². The molecule has 2 aromatic rings. The molecule has 0 saturated carbocycles. The highest BCUT2D eigenvalue weighted by atomic mass is 79.9. The van der Waals surface area contributed by atoms with E-state index < -0.39 is 0 Å². The molecule has 0 aliphatic carbocycles. The van der Waals surface area contributed by atoms with Crippen molar-refractivity contribution in [2.45, 2.75) is 12.3 Å². The SMILES string of the molecule is Cc1cc(C(Cl)c2sccc2Br)ccc1F. The lowest BCUT2D eigenvalue weighted by atomic mass is 10.1. The smallest absolute Gasteiger partial charge is 0.126 e. The Bertz CT molecular complexity index is 509. The first-order valence-electron chi connectivity index (χ1n) is 4.72. The normalized spacial score (nSPS) is 12.8. The maximum Gasteiger partial charge on any atom is 0.126 e. The van der Waals surface area contributed by atoms with E-state index in [1.807, 2.05) is 11.4 Å². The summed E-state index contributed by atoms with van der Waals surface area (Å²) >= 11 is 11.4. The molecule has 0 fully saturated rings. The fourth-order valence-corrected chi connectivity index (χ4v) is 3.61. The number of alkyl halides is 1. The third-order valence-corrected chi connectivity index (χ3v) is 4.88. The predicted octanol–water partition coefficient (Wildman–Crippen LogP) is 5.29. The Balaban J connectivity index is 2.38. The van der Waals surface area contributed by atoms with Gasteiger partial charge in [-0.2, -0.15) is 0 Å². The van der Waals surface area contributed by atoms with Crippen LogP contribution in [0.4, 0.5) is 4.39 Å². The fourth-order valence-electron chi connectivity index (χ4n) is 1.46. The number of hydrogen-bond donors (Lipinski definition) is 0. The zero-order chi connectivity index (χ0) is 11.7. The van der Waals surface area contributed by atoms with Crippen LogP contribution in [-0.2, 0) is 0 Å². The summed E-state index contributed by atoms with van der Waals surface area (Å²) in [6, 6.07) is 6.94. The van der Waals surface area contributed by atoms with Crippen LogP contribution in [-0.4, -0.2) is 0 Å². The van der Waals surface area contributed by atoms with Crippen LogP contribution in [0.2, 0.25) is 0 Å². The molecule has 2 rings (SSSR count). The molecular formula is C12H9BrClFS. The van der Waals surface area contributed by atoms with Crippen molar-refractivity contribution < 1.29 is 4.39 Å². The Labute approximate surface area is 111 Å². The summed E-state index contributed by atoms with van der Waals surface area (Å²) in [5, 5.41) is 1.75. The van der Waals surface area contributed by atoms with Gasteiger partial charge in [-0.05, 0) is 51.5 Å². The molecular weight excluding hydrogens is 311 g/mol. The number of thiophene rings is 1. The summed E-state index contributed by atoms with van der Waals surface area (Å²) < 4.78 is 14.1. The highest BCUT2D eigenvalue weighted by Gasteiger charge is 2.16. The standard InChI is InChI=1S/C12H9BrClFS/c1-7-6-8(2-3-10(7)15)11(14)12-9(13)4-5-16-12/h2-6,11H,1H3. The second-order valence-electron chi connectivity index (χ2n) is 3.50. The molecule has 0 aliphatic heterocycles. The van der Waals surface area contributed by atoms with Crippen LogP contribution in [0.5, 0.6) is 0 Å². The van der Waals surface area contributed by atoms with Crippen molar-refractivity contribution in [3.8, 4) is 0 Å². The van der Waals surface area contributed by atoms with E-state index in [4.69, 9.17) is 11.6 Å². The summed E-state index contributed by atoms with van der Waals surface area (Å²) in [7, 11) is 0. The fraction of sp³-hybridized carbons (Fsp3) is 0.167. The molecule has 0 nitrogen and oxygen atoms in total. The van der Waals surface area contributed by atoms with Crippen molar-refractivity contribution in [2.24, 2.45) is 0 Å². The van der Waals surface area contributed by atoms with Gasteiger partial charge < -0.3 is 0 Å². The molecule has 1 aromatic carbocycles. The quantitative estimate of drug-likeness (QED) is 0.660. The van der Waals surface area contributed by atoms with Crippen molar-refractivity contribution in [2.75, 3.05) is 0 Å². The van der Waals surface area contributed by atoms with E-state index in [0.717, 1.165) is 14.9 Å². The second kappa shape index (κ2) is 4.86. The minimum Gasteiger partial charge on any atom is -0.207 e. The Kier molecular flexibility index (Phi) is 3.67. The molecule has 0 bridgehead atoms. The van der Waals surface area contributed by atoms with E-state index >= 15 is 0 Å². The van der Waals surface area contributed by atoms with Crippen molar-refractivity contribution in [1.29, 1.82) is 0 Å². The lowest BCUT2D eigenvalue weighted by Gasteiger charge is -2.10. The van der Waals surface area contributed by atoms with Gasteiger partial charge in [-0.3, -0.25) is 0 Å². The molecule has 0 aliphatic rings. The Hall–Kier alpha value is -0.380. The van der Waals surface area contributed by atoms with Crippen LogP contribution in [0.25, 0.3) is 0 Å². The van der Waals surface area contributed by atoms with Crippen molar-refractivity contribution >= 4 is 38.9 Å². The number of benzene rings is 1. The van der Waals surface area contributed by atoms with E-state index in [1.165, 1.54) is 6.07 Å². The number of halogens is 3. The lowest BCUT2D eigenvalue weighted by molar-refractivity contribution is 0.617. The number of hydrogen-bond acceptors (Lipinski definition) is 1. The van der Waals surface area contributed by atoms with Gasteiger partial charge >= 0.3 is 0 Å². The van der Waals surface area contributed by atoms with Crippen molar-refractivity contribution in [3.05, 3.63) is 55.9 Å². The first kappa shape index (κ1) is 12.1. The number of aryl methyl sites for hydroxylation is 1. The topological polar surface area (TPSA) is 0 Å². The van der Waals surface area contributed by atoms with Gasteiger partial charge in [0.1, 0.15) is 5.82 Å². The maximum atomic E-state index is 13.1. The van der Waals surface area contributed by atoms with Gasteiger partial charge in [0.15, 0.2) is 0 Å². The molecule has 1 unspecified atom stereocenters. The summed E-state index contributed by atoms with van der Waals surface area (Å²) in [5.74, 6) is -0.196. The van der Waals surface area contributed by atoms with Crippen LogP contribution in [0.1, 0.15) is 21.4 Å². The summed E-state index contributed by atoms with van der Waals surface area (Å²) in [5.41, 5.74) is 1.54. The molecule has 84 valence electrons. The summed E-state index contributed by atoms with van der Waals surface area (Å²) in [6.45, 7) is 1.74. The molecule has 1 atom stereocenters. The van der Waals surface area contributed by atoms with E-state index in [2.05, 4.69) is 15.9 Å². The van der Waals surface area contributed by atoms with E-state index in [-0.39, 0.29) is 11.2 Å². The van der Waals surface area contributed by atoms with E-state index in [1.54, 1.807) is 30.4 Å². The minimum absolute atomic E-state index is 0.196. The lowest BCUT2D eigenvalue weighted by Crippen LogP contribution is -1.93. The highest BCUT2D eigenvalue weighted by molar-refractivity contribution is 9.10. The average Bonchev–Trinajstić information content (AvgIpc) is 2.67. The monoisotopic (exact) mass is 318 g/mol.